The average Bonchev–Trinajstić information content (AvgIpc) is 2.72. The Morgan fingerprint density at radius 2 is 1.93 bits per heavy atom. The van der Waals surface area contributed by atoms with Gasteiger partial charge in [0.1, 0.15) is 6.04 Å². The van der Waals surface area contributed by atoms with Gasteiger partial charge in [-0.3, -0.25) is 15.0 Å². The molecule has 3 heterocycles. The van der Waals surface area contributed by atoms with Crippen LogP contribution >= 0.6 is 0 Å². The molecule has 3 aromatic rings. The van der Waals surface area contributed by atoms with E-state index >= 15 is 0 Å². The fourth-order valence-electron chi connectivity index (χ4n) is 3.37. The first-order valence-electron chi connectivity index (χ1n) is 8.94. The molecule has 1 unspecified atom stereocenters. The van der Waals surface area contributed by atoms with E-state index in [2.05, 4.69) is 25.6 Å². The maximum absolute atomic E-state index is 13.5. The van der Waals surface area contributed by atoms with Crippen molar-refractivity contribution in [2.75, 3.05) is 29.9 Å². The summed E-state index contributed by atoms with van der Waals surface area (Å²) in [5, 5.41) is 6.05. The summed E-state index contributed by atoms with van der Waals surface area (Å²) in [7, 11) is 0. The molecule has 28 heavy (non-hydrogen) atoms. The van der Waals surface area contributed by atoms with Gasteiger partial charge >= 0.3 is 6.18 Å². The van der Waals surface area contributed by atoms with E-state index in [0.717, 1.165) is 16.6 Å². The van der Waals surface area contributed by atoms with Crippen LogP contribution in [0.1, 0.15) is 5.56 Å². The Balaban J connectivity index is 1.57. The van der Waals surface area contributed by atoms with Gasteiger partial charge in [0.2, 0.25) is 0 Å². The molecule has 146 valence electrons. The van der Waals surface area contributed by atoms with Gasteiger partial charge in [0.05, 0.1) is 28.6 Å². The first-order valence-corrected chi connectivity index (χ1v) is 8.94. The second-order valence-electron chi connectivity index (χ2n) is 6.58. The third-order valence-corrected chi connectivity index (χ3v) is 4.75. The van der Waals surface area contributed by atoms with Crippen molar-refractivity contribution in [1.82, 2.24) is 20.3 Å². The second kappa shape index (κ2) is 7.59. The first-order chi connectivity index (χ1) is 13.5. The maximum atomic E-state index is 13.5. The Morgan fingerprint density at radius 3 is 2.75 bits per heavy atom. The van der Waals surface area contributed by atoms with Gasteiger partial charge in [0, 0.05) is 44.8 Å². The van der Waals surface area contributed by atoms with Crippen LogP contribution in [0, 0.1) is 0 Å². The van der Waals surface area contributed by atoms with E-state index in [0.29, 0.717) is 24.5 Å². The molecule has 2 aromatic heterocycles. The highest BCUT2D eigenvalue weighted by atomic mass is 19.4. The smallest absolute Gasteiger partial charge is 0.378 e. The maximum Gasteiger partial charge on any atom is 0.409 e. The fraction of sp³-hybridized carbons (Fsp3) is 0.316. The summed E-state index contributed by atoms with van der Waals surface area (Å²) in [6.07, 6.45) is 2.02. The molecule has 1 aromatic carbocycles. The van der Waals surface area contributed by atoms with Gasteiger partial charge in [-0.2, -0.15) is 13.2 Å². The number of nitrogens with one attached hydrogen (secondary N) is 2. The Labute approximate surface area is 159 Å². The SMILES string of the molecule is FC(F)(F)C1CNCCN1c1ccncc1NCc1ccc2nccnc2c1. The summed E-state index contributed by atoms with van der Waals surface area (Å²) in [5.41, 5.74) is 3.59. The lowest BCUT2D eigenvalue weighted by Crippen LogP contribution is -2.58. The van der Waals surface area contributed by atoms with Crippen LogP contribution in [-0.4, -0.2) is 46.8 Å². The number of nitrogens with zero attached hydrogens (tertiary/aromatic N) is 4. The summed E-state index contributed by atoms with van der Waals surface area (Å²) < 4.78 is 40.4. The molecule has 1 aliphatic rings. The molecular weight excluding hydrogens is 369 g/mol. The van der Waals surface area contributed by atoms with Gasteiger partial charge in [-0.15, -0.1) is 0 Å². The van der Waals surface area contributed by atoms with Crippen LogP contribution in [0.15, 0.2) is 49.1 Å². The number of aromatic nitrogens is 3. The van der Waals surface area contributed by atoms with Gasteiger partial charge < -0.3 is 15.5 Å². The number of fused-ring (bicyclic) bond motifs is 1. The van der Waals surface area contributed by atoms with E-state index < -0.39 is 12.2 Å². The van der Waals surface area contributed by atoms with Crippen LogP contribution in [0.4, 0.5) is 24.5 Å². The molecule has 0 amide bonds. The van der Waals surface area contributed by atoms with Crippen LogP contribution in [0.2, 0.25) is 0 Å². The van der Waals surface area contributed by atoms with Crippen LogP contribution < -0.4 is 15.5 Å². The molecular formula is C19H19F3N6. The van der Waals surface area contributed by atoms with Crippen LogP contribution in [-0.2, 0) is 6.54 Å². The molecule has 0 radical (unpaired) electrons. The van der Waals surface area contributed by atoms with E-state index in [-0.39, 0.29) is 13.1 Å². The minimum absolute atomic E-state index is 0.130. The Morgan fingerprint density at radius 1 is 1.11 bits per heavy atom. The summed E-state index contributed by atoms with van der Waals surface area (Å²) in [6.45, 7) is 1.08. The lowest BCUT2D eigenvalue weighted by molar-refractivity contribution is -0.149. The van der Waals surface area contributed by atoms with Crippen molar-refractivity contribution in [1.29, 1.82) is 0 Å². The number of alkyl halides is 3. The minimum Gasteiger partial charge on any atom is -0.378 e. The summed E-state index contributed by atoms with van der Waals surface area (Å²) in [4.78, 5) is 14.0. The monoisotopic (exact) mass is 388 g/mol. The fourth-order valence-corrected chi connectivity index (χ4v) is 3.37. The highest BCUT2D eigenvalue weighted by Gasteiger charge is 2.45. The summed E-state index contributed by atoms with van der Waals surface area (Å²) in [6, 6.07) is 5.76. The first kappa shape index (κ1) is 18.4. The van der Waals surface area contributed by atoms with Crippen molar-refractivity contribution in [3.63, 3.8) is 0 Å². The Hall–Kier alpha value is -2.94. The molecule has 4 rings (SSSR count). The molecule has 0 saturated carbocycles. The largest absolute Gasteiger partial charge is 0.409 e. The molecule has 2 N–H and O–H groups in total. The number of piperazine rings is 1. The van der Waals surface area contributed by atoms with Crippen LogP contribution in [0.25, 0.3) is 11.0 Å². The molecule has 9 heteroatoms. The standard InChI is InChI=1S/C19H19F3N6/c20-19(21,22)18-12-24-7-8-28(18)17-3-4-23-11-16(17)27-10-13-1-2-14-15(9-13)26-6-5-25-14/h1-6,9,11,18,24,27H,7-8,10,12H2. The second-order valence-corrected chi connectivity index (χ2v) is 6.58. The summed E-state index contributed by atoms with van der Waals surface area (Å²) >= 11 is 0. The lowest BCUT2D eigenvalue weighted by Gasteiger charge is -2.39. The number of halogens is 3. The third-order valence-electron chi connectivity index (χ3n) is 4.75. The van der Waals surface area contributed by atoms with Gasteiger partial charge in [-0.1, -0.05) is 6.07 Å². The molecule has 1 atom stereocenters. The zero-order chi connectivity index (χ0) is 19.6. The van der Waals surface area contributed by atoms with E-state index in [9.17, 15) is 13.2 Å². The van der Waals surface area contributed by atoms with Crippen molar-refractivity contribution in [2.45, 2.75) is 18.8 Å². The zero-order valence-electron chi connectivity index (χ0n) is 14.9. The van der Waals surface area contributed by atoms with Gasteiger partial charge in [0.25, 0.3) is 0 Å². The Bertz CT molecular complexity index is 962. The number of benzene rings is 1. The van der Waals surface area contributed by atoms with Gasteiger partial charge in [-0.05, 0) is 23.8 Å². The zero-order valence-corrected chi connectivity index (χ0v) is 14.9. The van der Waals surface area contributed by atoms with E-state index in [1.54, 1.807) is 24.7 Å². The molecule has 1 saturated heterocycles. The minimum atomic E-state index is -4.31. The van der Waals surface area contributed by atoms with Crippen molar-refractivity contribution >= 4 is 22.4 Å². The Kier molecular flexibility index (Phi) is 4.99. The normalized spacial score (nSPS) is 17.7. The van der Waals surface area contributed by atoms with E-state index in [1.807, 2.05) is 18.2 Å². The predicted octanol–water partition coefficient (Wildman–Crippen LogP) is 2.98. The third kappa shape index (κ3) is 3.84. The number of hydrogen-bond acceptors (Lipinski definition) is 6. The topological polar surface area (TPSA) is 66.0 Å². The molecule has 6 nitrogen and oxygen atoms in total. The summed E-state index contributed by atoms with van der Waals surface area (Å²) in [5.74, 6) is 0. The number of hydrogen-bond donors (Lipinski definition) is 2. The molecule has 1 fully saturated rings. The molecule has 0 spiro atoms. The predicted molar refractivity (Wildman–Crippen MR) is 101 cm³/mol. The lowest BCUT2D eigenvalue weighted by atomic mass is 10.1. The van der Waals surface area contributed by atoms with Crippen molar-refractivity contribution < 1.29 is 13.2 Å². The van der Waals surface area contributed by atoms with E-state index in [4.69, 9.17) is 0 Å². The number of pyridine rings is 1. The van der Waals surface area contributed by atoms with E-state index in [1.165, 1.54) is 11.1 Å². The van der Waals surface area contributed by atoms with Crippen LogP contribution in [0.3, 0.4) is 0 Å². The van der Waals surface area contributed by atoms with Gasteiger partial charge in [-0.25, -0.2) is 0 Å². The molecule has 1 aliphatic heterocycles. The van der Waals surface area contributed by atoms with Crippen molar-refractivity contribution in [2.24, 2.45) is 0 Å². The number of rotatable bonds is 4. The highest BCUT2D eigenvalue weighted by molar-refractivity contribution is 5.75. The van der Waals surface area contributed by atoms with Crippen molar-refractivity contribution in [3.05, 3.63) is 54.6 Å². The average molecular weight is 388 g/mol. The molecule has 0 bridgehead atoms. The quantitative estimate of drug-likeness (QED) is 0.716. The van der Waals surface area contributed by atoms with Crippen molar-refractivity contribution in [3.8, 4) is 0 Å². The van der Waals surface area contributed by atoms with Crippen LogP contribution in [0.5, 0.6) is 0 Å². The molecule has 0 aliphatic carbocycles. The van der Waals surface area contributed by atoms with Gasteiger partial charge in [0.15, 0.2) is 0 Å². The number of anilines is 2. The highest BCUT2D eigenvalue weighted by Crippen LogP contribution is 2.33.